The number of carbonyl (C=O) groups is 1. The van der Waals surface area contributed by atoms with Gasteiger partial charge in [0.15, 0.2) is 5.69 Å². The Morgan fingerprint density at radius 3 is 2.31 bits per heavy atom. The number of hydrogen-bond donors (Lipinski definition) is 0. The maximum absolute atomic E-state index is 11.6. The molecule has 0 aliphatic carbocycles. The number of aromatic nitrogens is 1. The van der Waals surface area contributed by atoms with Crippen LogP contribution in [0.1, 0.15) is 29.4 Å². The number of esters is 1. The van der Waals surface area contributed by atoms with Crippen molar-refractivity contribution >= 4 is 5.97 Å². The topological polar surface area (TPSA) is 51.7 Å². The lowest BCUT2D eigenvalue weighted by Gasteiger charge is -2.11. The highest BCUT2D eigenvalue weighted by Crippen LogP contribution is 2.15. The van der Waals surface area contributed by atoms with E-state index in [1.54, 1.807) is 13.0 Å². The Bertz CT molecular complexity index is 667. The largest absolute Gasteiger partial charge is 0.492 e. The van der Waals surface area contributed by atoms with Gasteiger partial charge in [-0.05, 0) is 33.5 Å². The number of ether oxygens (including phenoxy) is 2. The highest BCUT2D eigenvalue weighted by molar-refractivity contribution is 5.90. The summed E-state index contributed by atoms with van der Waals surface area (Å²) in [7, 11) is 4.01. The highest BCUT2D eigenvalue weighted by atomic mass is 16.5. The monoisotopic (exact) mass is 354 g/mol. The summed E-state index contributed by atoms with van der Waals surface area (Å²) in [5, 5.41) is 0. The number of nitrogens with zero attached hydrogens (tertiary/aromatic N) is 2. The molecule has 0 atom stereocenters. The van der Waals surface area contributed by atoms with Crippen molar-refractivity contribution in [3.63, 3.8) is 0 Å². The fraction of sp³-hybridized carbons (Fsp3) is 0.333. The number of carbonyl (C=O) groups excluding carboxylic acids is 1. The molecule has 1 aromatic heterocycles. The quantitative estimate of drug-likeness (QED) is 0.434. The van der Waals surface area contributed by atoms with E-state index in [4.69, 9.17) is 15.9 Å². The van der Waals surface area contributed by atoms with Crippen LogP contribution in [0.25, 0.3) is 0 Å². The van der Waals surface area contributed by atoms with Gasteiger partial charge in [-0.2, -0.15) is 0 Å². The SMILES string of the molecule is C#Cc1cc(OCCCN(C)C)cnc1C(=O)OCC.c1ccccc1. The molecule has 0 saturated heterocycles. The first-order chi connectivity index (χ1) is 12.6. The number of hydrogen-bond acceptors (Lipinski definition) is 5. The zero-order valence-electron chi connectivity index (χ0n) is 15.6. The van der Waals surface area contributed by atoms with E-state index in [9.17, 15) is 4.79 Å². The molecule has 0 N–H and O–H groups in total. The van der Waals surface area contributed by atoms with E-state index >= 15 is 0 Å². The minimum atomic E-state index is -0.514. The van der Waals surface area contributed by atoms with Crippen molar-refractivity contribution < 1.29 is 14.3 Å². The Kier molecular flexibility index (Phi) is 10.2. The fourth-order valence-corrected chi connectivity index (χ4v) is 1.95. The van der Waals surface area contributed by atoms with Gasteiger partial charge in [-0.25, -0.2) is 9.78 Å². The van der Waals surface area contributed by atoms with E-state index in [-0.39, 0.29) is 12.3 Å². The van der Waals surface area contributed by atoms with Gasteiger partial charge in [0.1, 0.15) is 5.75 Å². The smallest absolute Gasteiger partial charge is 0.358 e. The van der Waals surface area contributed by atoms with Crippen molar-refractivity contribution in [2.24, 2.45) is 0 Å². The molecular weight excluding hydrogens is 328 g/mol. The number of pyridine rings is 1. The fourth-order valence-electron chi connectivity index (χ4n) is 1.95. The molecule has 1 aromatic carbocycles. The zero-order chi connectivity index (χ0) is 19.2. The summed E-state index contributed by atoms with van der Waals surface area (Å²) in [6.07, 6.45) is 7.78. The lowest BCUT2D eigenvalue weighted by atomic mass is 10.2. The first-order valence-corrected chi connectivity index (χ1v) is 8.49. The van der Waals surface area contributed by atoms with Crippen molar-refractivity contribution in [1.82, 2.24) is 9.88 Å². The third-order valence-corrected chi connectivity index (χ3v) is 3.17. The van der Waals surface area contributed by atoms with Crippen LogP contribution in [0.5, 0.6) is 5.75 Å². The van der Waals surface area contributed by atoms with Crippen molar-refractivity contribution in [3.8, 4) is 18.1 Å². The summed E-state index contributed by atoms with van der Waals surface area (Å²) in [6.45, 7) is 3.53. The summed E-state index contributed by atoms with van der Waals surface area (Å²) in [5.41, 5.74) is 0.531. The van der Waals surface area contributed by atoms with Crippen LogP contribution in [0.2, 0.25) is 0 Å². The molecule has 0 amide bonds. The zero-order valence-corrected chi connectivity index (χ0v) is 15.6. The van der Waals surface area contributed by atoms with Gasteiger partial charge in [0.2, 0.25) is 0 Å². The van der Waals surface area contributed by atoms with Crippen LogP contribution < -0.4 is 4.74 Å². The summed E-state index contributed by atoms with van der Waals surface area (Å²) in [6, 6.07) is 13.6. The Morgan fingerprint density at radius 1 is 1.19 bits per heavy atom. The van der Waals surface area contributed by atoms with Gasteiger partial charge in [-0.1, -0.05) is 42.3 Å². The molecule has 26 heavy (non-hydrogen) atoms. The van der Waals surface area contributed by atoms with Crippen molar-refractivity contribution in [2.45, 2.75) is 13.3 Å². The van der Waals surface area contributed by atoms with E-state index in [0.29, 0.717) is 17.9 Å². The molecule has 0 fully saturated rings. The molecule has 2 aromatic rings. The van der Waals surface area contributed by atoms with Crippen molar-refractivity contribution in [2.75, 3.05) is 33.9 Å². The number of rotatable bonds is 7. The standard InChI is InChI=1S/C15H20N2O3.C6H6/c1-5-12-10-13(20-9-7-8-17(3)4)11-16-14(12)15(18)19-6-2;1-2-4-6-5-3-1/h1,10-11H,6-9H2,2-4H3;1-6H. The normalized spacial score (nSPS) is 9.65. The molecular formula is C21H26N2O3. The summed E-state index contributed by atoms with van der Waals surface area (Å²) < 4.78 is 10.4. The third kappa shape index (κ3) is 8.32. The minimum absolute atomic E-state index is 0.148. The Morgan fingerprint density at radius 2 is 1.81 bits per heavy atom. The van der Waals surface area contributed by atoms with Crippen LogP contribution in [-0.4, -0.2) is 49.7 Å². The lowest BCUT2D eigenvalue weighted by molar-refractivity contribution is 0.0519. The molecule has 0 spiro atoms. The Labute approximate surface area is 156 Å². The van der Waals surface area contributed by atoms with Gasteiger partial charge in [-0.15, -0.1) is 6.42 Å². The second-order valence-corrected chi connectivity index (χ2v) is 5.59. The van der Waals surface area contributed by atoms with E-state index in [1.807, 2.05) is 50.5 Å². The van der Waals surface area contributed by atoms with Gasteiger partial charge in [0, 0.05) is 6.54 Å². The van der Waals surface area contributed by atoms with Crippen molar-refractivity contribution in [3.05, 3.63) is 59.9 Å². The summed E-state index contributed by atoms with van der Waals surface area (Å²) in [4.78, 5) is 17.8. The molecule has 0 unspecified atom stereocenters. The highest BCUT2D eigenvalue weighted by Gasteiger charge is 2.14. The molecule has 5 heteroatoms. The van der Waals surface area contributed by atoms with E-state index in [1.165, 1.54) is 6.20 Å². The molecule has 5 nitrogen and oxygen atoms in total. The van der Waals surface area contributed by atoms with Gasteiger partial charge in [-0.3, -0.25) is 0 Å². The molecule has 0 bridgehead atoms. The van der Waals surface area contributed by atoms with Crippen LogP contribution >= 0.6 is 0 Å². The van der Waals surface area contributed by atoms with Gasteiger partial charge in [0.05, 0.1) is 25.0 Å². The van der Waals surface area contributed by atoms with Crippen LogP contribution in [0.3, 0.4) is 0 Å². The summed E-state index contributed by atoms with van der Waals surface area (Å²) in [5.74, 6) is 2.48. The molecule has 0 radical (unpaired) electrons. The van der Waals surface area contributed by atoms with Crippen LogP contribution in [-0.2, 0) is 4.74 Å². The van der Waals surface area contributed by atoms with Crippen molar-refractivity contribution in [1.29, 1.82) is 0 Å². The Hall–Kier alpha value is -2.84. The molecule has 1 heterocycles. The van der Waals surface area contributed by atoms with Gasteiger partial charge < -0.3 is 14.4 Å². The lowest BCUT2D eigenvalue weighted by Crippen LogP contribution is -2.15. The first-order valence-electron chi connectivity index (χ1n) is 8.49. The first kappa shape index (κ1) is 21.2. The predicted molar refractivity (Wildman–Crippen MR) is 103 cm³/mol. The maximum Gasteiger partial charge on any atom is 0.358 e. The van der Waals surface area contributed by atoms with Crippen LogP contribution in [0.15, 0.2) is 48.7 Å². The molecule has 0 aliphatic rings. The third-order valence-electron chi connectivity index (χ3n) is 3.17. The van der Waals surface area contributed by atoms with Gasteiger partial charge >= 0.3 is 5.97 Å². The van der Waals surface area contributed by atoms with E-state index < -0.39 is 5.97 Å². The average Bonchev–Trinajstić information content (AvgIpc) is 2.67. The maximum atomic E-state index is 11.6. The number of benzene rings is 1. The molecule has 0 aliphatic heterocycles. The average molecular weight is 354 g/mol. The van der Waals surface area contributed by atoms with Crippen LogP contribution in [0, 0.1) is 12.3 Å². The second-order valence-electron chi connectivity index (χ2n) is 5.59. The minimum Gasteiger partial charge on any atom is -0.492 e. The summed E-state index contributed by atoms with van der Waals surface area (Å²) >= 11 is 0. The van der Waals surface area contributed by atoms with Crippen LogP contribution in [0.4, 0.5) is 0 Å². The molecule has 2 rings (SSSR count). The second kappa shape index (κ2) is 12.5. The number of terminal acetylenes is 1. The van der Waals surface area contributed by atoms with E-state index in [2.05, 4.69) is 15.8 Å². The van der Waals surface area contributed by atoms with Gasteiger partial charge in [0.25, 0.3) is 0 Å². The van der Waals surface area contributed by atoms with E-state index in [0.717, 1.165) is 13.0 Å². The predicted octanol–water partition coefficient (Wildman–Crippen LogP) is 3.26. The molecule has 0 saturated carbocycles. The Balaban J connectivity index is 0.000000472. The molecule has 138 valence electrons.